The molecule has 1 atom stereocenters. The minimum Gasteiger partial charge on any atom is -0.379 e. The van der Waals surface area contributed by atoms with E-state index in [0.717, 1.165) is 19.1 Å². The second-order valence-electron chi connectivity index (χ2n) is 5.62. The van der Waals surface area contributed by atoms with E-state index in [0.29, 0.717) is 11.5 Å². The number of ether oxygens (including phenoxy) is 1. The lowest BCUT2D eigenvalue weighted by Gasteiger charge is -2.26. The van der Waals surface area contributed by atoms with Crippen LogP contribution in [0.15, 0.2) is 0 Å². The summed E-state index contributed by atoms with van der Waals surface area (Å²) in [6.45, 7) is 7.62. The summed E-state index contributed by atoms with van der Waals surface area (Å²) in [6.07, 6.45) is 5.75. The van der Waals surface area contributed by atoms with Gasteiger partial charge in [0.1, 0.15) is 0 Å². The first kappa shape index (κ1) is 10.4. The summed E-state index contributed by atoms with van der Waals surface area (Å²) in [5, 5.41) is 3.69. The van der Waals surface area contributed by atoms with Crippen LogP contribution in [0, 0.1) is 11.3 Å². The molecule has 82 valence electrons. The van der Waals surface area contributed by atoms with Crippen LogP contribution in [0.1, 0.15) is 39.5 Å². The van der Waals surface area contributed by atoms with Crippen LogP contribution in [0.5, 0.6) is 0 Å². The normalized spacial score (nSPS) is 32.6. The third-order valence-electron chi connectivity index (χ3n) is 3.83. The SMILES string of the molecule is CC1(C)COCC1NCC1CCCC1. The summed E-state index contributed by atoms with van der Waals surface area (Å²) in [4.78, 5) is 0. The zero-order valence-corrected chi connectivity index (χ0v) is 9.51. The van der Waals surface area contributed by atoms with Crippen molar-refractivity contribution in [3.05, 3.63) is 0 Å². The van der Waals surface area contributed by atoms with Crippen molar-refractivity contribution >= 4 is 0 Å². The van der Waals surface area contributed by atoms with E-state index < -0.39 is 0 Å². The van der Waals surface area contributed by atoms with E-state index in [2.05, 4.69) is 19.2 Å². The van der Waals surface area contributed by atoms with Crippen molar-refractivity contribution in [2.75, 3.05) is 19.8 Å². The average Bonchev–Trinajstić information content (AvgIpc) is 2.71. The van der Waals surface area contributed by atoms with Crippen LogP contribution in [-0.4, -0.2) is 25.8 Å². The van der Waals surface area contributed by atoms with Crippen LogP contribution in [-0.2, 0) is 4.74 Å². The molecule has 0 aromatic rings. The maximum atomic E-state index is 5.53. The third kappa shape index (κ3) is 2.29. The Bertz CT molecular complexity index is 185. The maximum Gasteiger partial charge on any atom is 0.0626 e. The summed E-state index contributed by atoms with van der Waals surface area (Å²) < 4.78 is 5.53. The zero-order chi connectivity index (χ0) is 10.0. The highest BCUT2D eigenvalue weighted by Gasteiger charge is 2.35. The Hall–Kier alpha value is -0.0800. The minimum absolute atomic E-state index is 0.332. The molecule has 2 heteroatoms. The predicted octanol–water partition coefficient (Wildman–Crippen LogP) is 2.19. The monoisotopic (exact) mass is 197 g/mol. The lowest BCUT2D eigenvalue weighted by molar-refractivity contribution is 0.166. The average molecular weight is 197 g/mol. The van der Waals surface area contributed by atoms with Crippen LogP contribution < -0.4 is 5.32 Å². The van der Waals surface area contributed by atoms with Gasteiger partial charge >= 0.3 is 0 Å². The Morgan fingerprint density at radius 1 is 1.29 bits per heavy atom. The Labute approximate surface area is 87.4 Å². The Morgan fingerprint density at radius 3 is 2.57 bits per heavy atom. The van der Waals surface area contributed by atoms with Gasteiger partial charge in [0.05, 0.1) is 13.2 Å². The van der Waals surface area contributed by atoms with Crippen LogP contribution in [0.2, 0.25) is 0 Å². The molecular formula is C12H23NO. The van der Waals surface area contributed by atoms with Gasteiger partial charge in [-0.3, -0.25) is 0 Å². The van der Waals surface area contributed by atoms with E-state index in [1.54, 1.807) is 0 Å². The van der Waals surface area contributed by atoms with Gasteiger partial charge in [-0.25, -0.2) is 0 Å². The van der Waals surface area contributed by atoms with Gasteiger partial charge in [0.25, 0.3) is 0 Å². The molecule has 1 heterocycles. The van der Waals surface area contributed by atoms with E-state index in [1.807, 2.05) is 0 Å². The third-order valence-corrected chi connectivity index (χ3v) is 3.83. The van der Waals surface area contributed by atoms with Gasteiger partial charge in [-0.05, 0) is 25.3 Å². The van der Waals surface area contributed by atoms with Crippen molar-refractivity contribution in [2.45, 2.75) is 45.6 Å². The van der Waals surface area contributed by atoms with Crippen molar-refractivity contribution in [2.24, 2.45) is 11.3 Å². The van der Waals surface area contributed by atoms with E-state index in [9.17, 15) is 0 Å². The quantitative estimate of drug-likeness (QED) is 0.749. The lowest BCUT2D eigenvalue weighted by Crippen LogP contribution is -2.42. The van der Waals surface area contributed by atoms with Gasteiger partial charge < -0.3 is 10.1 Å². The minimum atomic E-state index is 0.332. The highest BCUT2D eigenvalue weighted by atomic mass is 16.5. The maximum absolute atomic E-state index is 5.53. The number of hydrogen-bond acceptors (Lipinski definition) is 2. The van der Waals surface area contributed by atoms with Gasteiger partial charge in [0, 0.05) is 11.5 Å². The van der Waals surface area contributed by atoms with E-state index in [4.69, 9.17) is 4.74 Å². The molecular weight excluding hydrogens is 174 g/mol. The Kier molecular flexibility index (Phi) is 3.13. The largest absolute Gasteiger partial charge is 0.379 e. The van der Waals surface area contributed by atoms with Gasteiger partial charge in [0.2, 0.25) is 0 Å². The summed E-state index contributed by atoms with van der Waals surface area (Å²) in [5.74, 6) is 0.936. The predicted molar refractivity (Wildman–Crippen MR) is 58.3 cm³/mol. The fourth-order valence-electron chi connectivity index (χ4n) is 2.62. The van der Waals surface area contributed by atoms with Crippen LogP contribution >= 0.6 is 0 Å². The van der Waals surface area contributed by atoms with E-state index in [1.165, 1.54) is 32.2 Å². The Morgan fingerprint density at radius 2 is 2.00 bits per heavy atom. The molecule has 0 radical (unpaired) electrons. The van der Waals surface area contributed by atoms with Crippen molar-refractivity contribution in [1.29, 1.82) is 0 Å². The standard InChI is InChI=1S/C12H23NO/c1-12(2)9-14-8-11(12)13-7-10-5-3-4-6-10/h10-11,13H,3-9H2,1-2H3. The molecule has 2 aliphatic rings. The fraction of sp³-hybridized carbons (Fsp3) is 1.00. The molecule has 2 fully saturated rings. The van der Waals surface area contributed by atoms with E-state index >= 15 is 0 Å². The Balaban J connectivity index is 1.74. The van der Waals surface area contributed by atoms with Crippen molar-refractivity contribution < 1.29 is 4.74 Å². The molecule has 1 aliphatic carbocycles. The summed E-state index contributed by atoms with van der Waals surface area (Å²) in [6, 6.07) is 0.572. The summed E-state index contributed by atoms with van der Waals surface area (Å²) >= 11 is 0. The molecule has 0 amide bonds. The molecule has 1 unspecified atom stereocenters. The van der Waals surface area contributed by atoms with Gasteiger partial charge in [-0.2, -0.15) is 0 Å². The molecule has 1 aliphatic heterocycles. The zero-order valence-electron chi connectivity index (χ0n) is 9.51. The number of rotatable bonds is 3. The van der Waals surface area contributed by atoms with Gasteiger partial charge in [0.15, 0.2) is 0 Å². The van der Waals surface area contributed by atoms with Crippen LogP contribution in [0.4, 0.5) is 0 Å². The molecule has 0 aromatic heterocycles. The second kappa shape index (κ2) is 4.19. The van der Waals surface area contributed by atoms with Gasteiger partial charge in [-0.1, -0.05) is 26.7 Å². The number of nitrogens with one attached hydrogen (secondary N) is 1. The highest BCUT2D eigenvalue weighted by Crippen LogP contribution is 2.29. The van der Waals surface area contributed by atoms with Crippen molar-refractivity contribution in [3.8, 4) is 0 Å². The topological polar surface area (TPSA) is 21.3 Å². The van der Waals surface area contributed by atoms with E-state index in [-0.39, 0.29) is 0 Å². The molecule has 14 heavy (non-hydrogen) atoms. The molecule has 1 saturated heterocycles. The first-order valence-corrected chi connectivity index (χ1v) is 5.99. The lowest BCUT2D eigenvalue weighted by atomic mass is 9.87. The summed E-state index contributed by atoms with van der Waals surface area (Å²) in [7, 11) is 0. The number of hydrogen-bond donors (Lipinski definition) is 1. The van der Waals surface area contributed by atoms with Crippen LogP contribution in [0.3, 0.4) is 0 Å². The van der Waals surface area contributed by atoms with Crippen LogP contribution in [0.25, 0.3) is 0 Å². The molecule has 1 N–H and O–H groups in total. The molecule has 0 spiro atoms. The highest BCUT2D eigenvalue weighted by molar-refractivity contribution is 4.89. The molecule has 0 bridgehead atoms. The first-order valence-electron chi connectivity index (χ1n) is 5.99. The second-order valence-corrected chi connectivity index (χ2v) is 5.62. The smallest absolute Gasteiger partial charge is 0.0626 e. The van der Waals surface area contributed by atoms with Gasteiger partial charge in [-0.15, -0.1) is 0 Å². The summed E-state index contributed by atoms with van der Waals surface area (Å²) in [5.41, 5.74) is 0.332. The fourth-order valence-corrected chi connectivity index (χ4v) is 2.62. The molecule has 2 rings (SSSR count). The van der Waals surface area contributed by atoms with Crippen molar-refractivity contribution in [3.63, 3.8) is 0 Å². The first-order chi connectivity index (χ1) is 6.68. The van der Waals surface area contributed by atoms with Crippen molar-refractivity contribution in [1.82, 2.24) is 5.32 Å². The molecule has 2 nitrogen and oxygen atoms in total. The molecule has 0 aromatic carbocycles. The molecule has 1 saturated carbocycles.